The molecule has 0 bridgehead atoms. The standard InChI is InChI=1S/C25H29N5O3/c1-18-8-10-20(11-9-18)24-27-22(33-28-24)17-29-12-14-30(15-13-29)23(31)16-19(2)26-25(32)21-6-4-3-5-7-21/h3-11,19H,12-17H2,1-2H3,(H,26,32). The summed E-state index contributed by atoms with van der Waals surface area (Å²) >= 11 is 0. The summed E-state index contributed by atoms with van der Waals surface area (Å²) in [6, 6.07) is 16.8. The first kappa shape index (κ1) is 22.7. The van der Waals surface area contributed by atoms with Crippen LogP contribution in [0, 0.1) is 6.92 Å². The van der Waals surface area contributed by atoms with E-state index in [0.29, 0.717) is 36.9 Å². The molecule has 1 N–H and O–H groups in total. The van der Waals surface area contributed by atoms with Crippen molar-refractivity contribution in [1.29, 1.82) is 0 Å². The van der Waals surface area contributed by atoms with Crippen LogP contribution < -0.4 is 5.32 Å². The molecule has 1 aliphatic rings. The largest absolute Gasteiger partial charge is 0.349 e. The van der Waals surface area contributed by atoms with Crippen LogP contribution in [-0.4, -0.2) is 64.0 Å². The summed E-state index contributed by atoms with van der Waals surface area (Å²) in [4.78, 5) is 33.5. The molecule has 0 radical (unpaired) electrons. The van der Waals surface area contributed by atoms with E-state index in [1.54, 1.807) is 12.1 Å². The summed E-state index contributed by atoms with van der Waals surface area (Å²) in [7, 11) is 0. The Morgan fingerprint density at radius 3 is 2.42 bits per heavy atom. The van der Waals surface area contributed by atoms with Gasteiger partial charge in [-0.1, -0.05) is 53.2 Å². The maximum absolute atomic E-state index is 12.7. The Morgan fingerprint density at radius 1 is 1.03 bits per heavy atom. The molecule has 0 aliphatic carbocycles. The van der Waals surface area contributed by atoms with Crippen LogP contribution in [0.3, 0.4) is 0 Å². The smallest absolute Gasteiger partial charge is 0.251 e. The van der Waals surface area contributed by atoms with Gasteiger partial charge in [0.15, 0.2) is 0 Å². The van der Waals surface area contributed by atoms with Crippen molar-refractivity contribution in [3.63, 3.8) is 0 Å². The Kier molecular flexibility index (Phi) is 7.14. The molecule has 3 aromatic rings. The zero-order chi connectivity index (χ0) is 23.2. The number of piperazine rings is 1. The number of nitrogens with zero attached hydrogens (tertiary/aromatic N) is 4. The number of benzene rings is 2. The van der Waals surface area contributed by atoms with Gasteiger partial charge in [0.1, 0.15) is 0 Å². The second-order valence-electron chi connectivity index (χ2n) is 8.48. The summed E-state index contributed by atoms with van der Waals surface area (Å²) in [5.41, 5.74) is 2.71. The van der Waals surface area contributed by atoms with Crippen molar-refractivity contribution in [2.45, 2.75) is 32.9 Å². The molecule has 2 heterocycles. The first-order valence-corrected chi connectivity index (χ1v) is 11.2. The van der Waals surface area contributed by atoms with E-state index >= 15 is 0 Å². The van der Waals surface area contributed by atoms with Gasteiger partial charge in [0.05, 0.1) is 6.54 Å². The minimum absolute atomic E-state index is 0.0509. The number of hydrogen-bond acceptors (Lipinski definition) is 6. The molecule has 8 heteroatoms. The van der Waals surface area contributed by atoms with Crippen LogP contribution in [-0.2, 0) is 11.3 Å². The summed E-state index contributed by atoms with van der Waals surface area (Å²) in [5, 5.41) is 6.99. The zero-order valence-electron chi connectivity index (χ0n) is 19.0. The summed E-state index contributed by atoms with van der Waals surface area (Å²) in [5.74, 6) is 1.05. The highest BCUT2D eigenvalue weighted by Gasteiger charge is 2.24. The lowest BCUT2D eigenvalue weighted by Gasteiger charge is -2.34. The van der Waals surface area contributed by atoms with Gasteiger partial charge in [0.25, 0.3) is 5.91 Å². The number of carbonyl (C=O) groups is 2. The van der Waals surface area contributed by atoms with Crippen LogP contribution in [0.1, 0.15) is 35.2 Å². The lowest BCUT2D eigenvalue weighted by Crippen LogP contribution is -2.49. The topological polar surface area (TPSA) is 91.6 Å². The third kappa shape index (κ3) is 6.04. The SMILES string of the molecule is Cc1ccc(-c2noc(CN3CCN(C(=O)CC(C)NC(=O)c4ccccc4)CC3)n2)cc1. The fourth-order valence-corrected chi connectivity index (χ4v) is 3.82. The molecule has 2 aromatic carbocycles. The second kappa shape index (κ2) is 10.4. The number of aromatic nitrogens is 2. The van der Waals surface area contributed by atoms with Gasteiger partial charge in [-0.2, -0.15) is 4.98 Å². The molecule has 1 aliphatic heterocycles. The van der Waals surface area contributed by atoms with Gasteiger partial charge >= 0.3 is 0 Å². The molecule has 33 heavy (non-hydrogen) atoms. The van der Waals surface area contributed by atoms with Crippen LogP contribution in [0.15, 0.2) is 59.1 Å². The summed E-state index contributed by atoms with van der Waals surface area (Å²) in [6.07, 6.45) is 0.280. The summed E-state index contributed by atoms with van der Waals surface area (Å²) < 4.78 is 5.43. The van der Waals surface area contributed by atoms with Crippen molar-refractivity contribution in [2.75, 3.05) is 26.2 Å². The van der Waals surface area contributed by atoms with Crippen LogP contribution in [0.25, 0.3) is 11.4 Å². The van der Waals surface area contributed by atoms with Crippen molar-refractivity contribution < 1.29 is 14.1 Å². The molecular formula is C25H29N5O3. The lowest BCUT2D eigenvalue weighted by molar-refractivity contribution is -0.133. The van der Waals surface area contributed by atoms with Crippen molar-refractivity contribution in [1.82, 2.24) is 25.3 Å². The van der Waals surface area contributed by atoms with E-state index in [1.807, 2.05) is 61.2 Å². The number of nitrogens with one attached hydrogen (secondary N) is 1. The predicted octanol–water partition coefficient (Wildman–Crippen LogP) is 2.90. The van der Waals surface area contributed by atoms with Gasteiger partial charge in [-0.15, -0.1) is 0 Å². The monoisotopic (exact) mass is 447 g/mol. The third-order valence-corrected chi connectivity index (χ3v) is 5.76. The Hall–Kier alpha value is -3.52. The molecular weight excluding hydrogens is 418 g/mol. The van der Waals surface area contributed by atoms with Gasteiger partial charge in [0, 0.05) is 49.8 Å². The summed E-state index contributed by atoms with van der Waals surface area (Å²) in [6.45, 7) is 7.20. The van der Waals surface area contributed by atoms with Crippen LogP contribution in [0.4, 0.5) is 0 Å². The average Bonchev–Trinajstić information content (AvgIpc) is 3.29. The van der Waals surface area contributed by atoms with Crippen molar-refractivity contribution in [2.24, 2.45) is 0 Å². The highest BCUT2D eigenvalue weighted by Crippen LogP contribution is 2.17. The van der Waals surface area contributed by atoms with Crippen LogP contribution in [0.2, 0.25) is 0 Å². The number of carbonyl (C=O) groups excluding carboxylic acids is 2. The number of aryl methyl sites for hydroxylation is 1. The lowest BCUT2D eigenvalue weighted by atomic mass is 10.1. The Morgan fingerprint density at radius 2 is 1.73 bits per heavy atom. The van der Waals surface area contributed by atoms with Gasteiger partial charge in [0.2, 0.25) is 17.6 Å². The highest BCUT2D eigenvalue weighted by molar-refractivity contribution is 5.94. The maximum Gasteiger partial charge on any atom is 0.251 e. The van der Waals surface area contributed by atoms with E-state index in [9.17, 15) is 9.59 Å². The third-order valence-electron chi connectivity index (χ3n) is 5.76. The Labute approximate surface area is 193 Å². The fourth-order valence-electron chi connectivity index (χ4n) is 3.82. The van der Waals surface area contributed by atoms with Crippen molar-refractivity contribution in [3.05, 3.63) is 71.6 Å². The Bertz CT molecular complexity index is 1070. The predicted molar refractivity (Wildman–Crippen MR) is 124 cm³/mol. The van der Waals surface area contributed by atoms with E-state index in [-0.39, 0.29) is 24.3 Å². The molecule has 1 unspecified atom stereocenters. The number of hydrogen-bond donors (Lipinski definition) is 1. The molecule has 8 nitrogen and oxygen atoms in total. The van der Waals surface area contributed by atoms with Gasteiger partial charge in [-0.3, -0.25) is 14.5 Å². The highest BCUT2D eigenvalue weighted by atomic mass is 16.5. The molecule has 1 atom stereocenters. The molecule has 172 valence electrons. The quantitative estimate of drug-likeness (QED) is 0.599. The molecule has 1 saturated heterocycles. The number of rotatable bonds is 7. The minimum atomic E-state index is -0.234. The fraction of sp³-hybridized carbons (Fsp3) is 0.360. The van der Waals surface area contributed by atoms with E-state index in [1.165, 1.54) is 5.56 Å². The minimum Gasteiger partial charge on any atom is -0.349 e. The Balaban J connectivity index is 1.22. The van der Waals surface area contributed by atoms with Crippen LogP contribution >= 0.6 is 0 Å². The average molecular weight is 448 g/mol. The van der Waals surface area contributed by atoms with Crippen LogP contribution in [0.5, 0.6) is 0 Å². The molecule has 1 fully saturated rings. The van der Waals surface area contributed by atoms with E-state index < -0.39 is 0 Å². The molecule has 2 amide bonds. The van der Waals surface area contributed by atoms with Crippen molar-refractivity contribution in [3.8, 4) is 11.4 Å². The molecule has 0 spiro atoms. The van der Waals surface area contributed by atoms with Gasteiger partial charge in [-0.05, 0) is 26.0 Å². The molecule has 4 rings (SSSR count). The molecule has 1 aromatic heterocycles. The van der Waals surface area contributed by atoms with Gasteiger partial charge in [-0.25, -0.2) is 0 Å². The first-order chi connectivity index (χ1) is 16.0. The van der Waals surface area contributed by atoms with Gasteiger partial charge < -0.3 is 14.7 Å². The zero-order valence-corrected chi connectivity index (χ0v) is 19.0. The normalized spacial score (nSPS) is 15.3. The van der Waals surface area contributed by atoms with E-state index in [2.05, 4.69) is 20.4 Å². The maximum atomic E-state index is 12.7. The van der Waals surface area contributed by atoms with E-state index in [4.69, 9.17) is 4.52 Å². The van der Waals surface area contributed by atoms with Crippen molar-refractivity contribution >= 4 is 11.8 Å². The number of amides is 2. The molecule has 0 saturated carbocycles. The van der Waals surface area contributed by atoms with E-state index in [0.717, 1.165) is 18.7 Å². The second-order valence-corrected chi connectivity index (χ2v) is 8.48. The first-order valence-electron chi connectivity index (χ1n) is 11.2.